The van der Waals surface area contributed by atoms with E-state index in [-0.39, 0.29) is 31.3 Å². The number of rotatable bonds is 11. The zero-order valence-electron chi connectivity index (χ0n) is 22.4. The number of nitrogens with zero attached hydrogens (tertiary/aromatic N) is 4. The van der Waals surface area contributed by atoms with Crippen LogP contribution in [0.2, 0.25) is 4.82 Å². The van der Waals surface area contributed by atoms with E-state index in [0.717, 1.165) is 4.46 Å². The summed E-state index contributed by atoms with van der Waals surface area (Å²) in [7, 11) is -3.55. The number of nitrogens with one attached hydrogen (secondary N) is 1. The second-order valence-electron chi connectivity index (χ2n) is 9.73. The summed E-state index contributed by atoms with van der Waals surface area (Å²) in [5.41, 5.74) is -0.0571. The van der Waals surface area contributed by atoms with Gasteiger partial charge in [-0.3, -0.25) is 0 Å². The van der Waals surface area contributed by atoms with E-state index in [0.29, 0.717) is 11.2 Å². The predicted molar refractivity (Wildman–Crippen MR) is 145 cm³/mol. The van der Waals surface area contributed by atoms with E-state index in [1.807, 2.05) is 30.3 Å². The molecule has 1 aromatic carbocycles. The number of alkyl halides is 1. The third-order valence-electron chi connectivity index (χ3n) is 5.74. The summed E-state index contributed by atoms with van der Waals surface area (Å²) in [6.45, 7) is 9.10. The first-order valence-corrected chi connectivity index (χ1v) is 16.1. The molecule has 0 radical (unpaired) electrons. The summed E-state index contributed by atoms with van der Waals surface area (Å²) in [6, 6.07) is 9.51. The molecule has 4 rings (SSSR count). The molecule has 2 aromatic heterocycles. The molecule has 0 spiro atoms. The van der Waals surface area contributed by atoms with Crippen LogP contribution in [0.4, 0.5) is 10.2 Å². The quantitative estimate of drug-likeness (QED) is 0.247. The fourth-order valence-corrected chi connectivity index (χ4v) is 7.57. The monoisotopic (exact) mass is 629 g/mol. The van der Waals surface area contributed by atoms with Crippen LogP contribution in [0.1, 0.15) is 40.8 Å². The van der Waals surface area contributed by atoms with Crippen molar-refractivity contribution in [2.75, 3.05) is 24.9 Å². The fourth-order valence-electron chi connectivity index (χ4n) is 3.83. The molecule has 3 heterocycles. The van der Waals surface area contributed by atoms with E-state index in [9.17, 15) is 9.36 Å². The summed E-state index contributed by atoms with van der Waals surface area (Å²) in [5.74, 6) is -0.0241. The maximum atomic E-state index is 16.2. The Balaban J connectivity index is 1.63. The van der Waals surface area contributed by atoms with Crippen molar-refractivity contribution in [3.05, 3.63) is 43.0 Å². The number of anilines is 1. The van der Waals surface area contributed by atoms with Gasteiger partial charge in [-0.1, -0.05) is 0 Å². The number of aromatic nitrogens is 4. The minimum absolute atomic E-state index is 0.173. The molecule has 1 aliphatic heterocycles. The Morgan fingerprint density at radius 1 is 1.15 bits per heavy atom. The fraction of sp³-hybridized carbons (Fsp3) is 0.520. The molecule has 1 saturated heterocycles. The van der Waals surface area contributed by atoms with E-state index in [2.05, 4.69) is 20.3 Å². The number of halogens is 1. The first kappa shape index (κ1) is 29.7. The van der Waals surface area contributed by atoms with Crippen molar-refractivity contribution in [1.82, 2.24) is 19.5 Å². The Morgan fingerprint density at radius 3 is 2.49 bits per heavy atom. The van der Waals surface area contributed by atoms with Crippen LogP contribution in [0.15, 0.2) is 43.0 Å². The third kappa shape index (κ3) is 6.92. The van der Waals surface area contributed by atoms with Crippen molar-refractivity contribution in [2.45, 2.75) is 58.1 Å². The molecule has 39 heavy (non-hydrogen) atoms. The van der Waals surface area contributed by atoms with Gasteiger partial charge >= 0.3 is 233 Å². The van der Waals surface area contributed by atoms with E-state index in [4.69, 9.17) is 18.5 Å². The molecule has 0 aliphatic carbocycles. The van der Waals surface area contributed by atoms with Crippen LogP contribution in [0.25, 0.3) is 11.2 Å². The summed E-state index contributed by atoms with van der Waals surface area (Å²) in [4.78, 5) is 24.7. The molecule has 1 aliphatic rings. The van der Waals surface area contributed by atoms with E-state index in [1.54, 1.807) is 34.6 Å². The van der Waals surface area contributed by atoms with Gasteiger partial charge in [-0.05, 0) is 0 Å². The Kier molecular flexibility index (Phi) is 9.54. The Morgan fingerprint density at radius 2 is 1.85 bits per heavy atom. The number of hydrogen-bond donors (Lipinski definition) is 1. The normalized spacial score (nSPS) is 21.9. The standard InChI is InChI=1S/C25H33FN5O6PSe/c1-6-35-38(33,36-7-2)15-34-23-19(39-16-11-9-8-10-12-16)17(26)22(37-23)31-14-29-18-20(27-13-28-21(18)31)30-24(32)25(3,4)5/h8-14,17,19,22-23H,6-7,15H2,1-5H3,(H,27,28,30,32)/t17-,19-,22+,23-/m0/s1. The van der Waals surface area contributed by atoms with Crippen LogP contribution < -0.4 is 9.78 Å². The molecule has 3 aromatic rings. The van der Waals surface area contributed by atoms with Gasteiger partial charge in [0.25, 0.3) is 0 Å². The van der Waals surface area contributed by atoms with Crippen molar-refractivity contribution in [1.29, 1.82) is 0 Å². The Hall–Kier alpha value is -2.24. The maximum absolute atomic E-state index is 16.2. The van der Waals surface area contributed by atoms with Crippen molar-refractivity contribution < 1.29 is 32.3 Å². The molecule has 0 saturated carbocycles. The third-order valence-corrected chi connectivity index (χ3v) is 10.2. The van der Waals surface area contributed by atoms with Crippen LogP contribution in [-0.4, -0.2) is 72.4 Å². The van der Waals surface area contributed by atoms with Gasteiger partial charge in [0.15, 0.2) is 0 Å². The number of ether oxygens (including phenoxy) is 2. The predicted octanol–water partition coefficient (Wildman–Crippen LogP) is 4.06. The average Bonchev–Trinajstić information content (AvgIpc) is 3.45. The van der Waals surface area contributed by atoms with Crippen molar-refractivity contribution in [3.63, 3.8) is 0 Å². The van der Waals surface area contributed by atoms with E-state index >= 15 is 4.39 Å². The van der Waals surface area contributed by atoms with Crippen LogP contribution >= 0.6 is 7.60 Å². The molecule has 1 N–H and O–H groups in total. The Labute approximate surface area is 232 Å². The summed E-state index contributed by atoms with van der Waals surface area (Å²) in [6.07, 6.45) is -1.36. The molecule has 212 valence electrons. The van der Waals surface area contributed by atoms with Crippen LogP contribution in [0.5, 0.6) is 0 Å². The molecular weight excluding hydrogens is 595 g/mol. The van der Waals surface area contributed by atoms with Gasteiger partial charge in [0, 0.05) is 0 Å². The number of imidazole rings is 1. The van der Waals surface area contributed by atoms with Crippen molar-refractivity contribution in [3.8, 4) is 0 Å². The molecule has 1 amide bonds. The van der Waals surface area contributed by atoms with Crippen LogP contribution in [0.3, 0.4) is 0 Å². The number of hydrogen-bond acceptors (Lipinski definition) is 9. The number of carbonyl (C=O) groups excluding carboxylic acids is 1. The van der Waals surface area contributed by atoms with Crippen LogP contribution in [-0.2, 0) is 27.9 Å². The molecule has 1 fully saturated rings. The molecule has 11 nitrogen and oxygen atoms in total. The van der Waals surface area contributed by atoms with Crippen molar-refractivity contribution >= 4 is 49.9 Å². The van der Waals surface area contributed by atoms with Crippen molar-refractivity contribution in [2.24, 2.45) is 5.41 Å². The van der Waals surface area contributed by atoms with E-state index < -0.39 is 51.5 Å². The van der Waals surface area contributed by atoms with Gasteiger partial charge in [0.2, 0.25) is 0 Å². The number of benzene rings is 1. The summed E-state index contributed by atoms with van der Waals surface area (Å²) >= 11 is -0.390. The second-order valence-corrected chi connectivity index (χ2v) is 14.3. The summed E-state index contributed by atoms with van der Waals surface area (Å²) < 4.78 is 54.3. The molecule has 4 atom stereocenters. The molecule has 0 bridgehead atoms. The Bertz CT molecular complexity index is 1310. The SMILES string of the molecule is CCOP(=O)(CO[C@H]1O[C@@H](n2cnc3c(NC(=O)C(C)(C)C)ncnc32)[C@@H](F)[C@@H]1[Se]c1ccccc1)OCC. The van der Waals surface area contributed by atoms with Gasteiger partial charge in [0.1, 0.15) is 0 Å². The van der Waals surface area contributed by atoms with Crippen LogP contribution in [0, 0.1) is 5.41 Å². The number of fused-ring (bicyclic) bond motifs is 1. The number of amides is 1. The second kappa shape index (κ2) is 12.5. The zero-order valence-corrected chi connectivity index (χ0v) is 25.1. The molecule has 0 unspecified atom stereocenters. The van der Waals surface area contributed by atoms with Gasteiger partial charge in [-0.2, -0.15) is 0 Å². The first-order chi connectivity index (χ1) is 18.6. The van der Waals surface area contributed by atoms with Gasteiger partial charge < -0.3 is 0 Å². The van der Waals surface area contributed by atoms with Gasteiger partial charge in [0.05, 0.1) is 0 Å². The topological polar surface area (TPSA) is 127 Å². The zero-order chi connectivity index (χ0) is 28.2. The number of carbonyl (C=O) groups is 1. The first-order valence-electron chi connectivity index (χ1n) is 12.6. The summed E-state index contributed by atoms with van der Waals surface area (Å²) in [5, 5.41) is 2.77. The van der Waals surface area contributed by atoms with E-state index in [1.165, 1.54) is 17.2 Å². The van der Waals surface area contributed by atoms with Gasteiger partial charge in [-0.15, -0.1) is 0 Å². The van der Waals surface area contributed by atoms with Gasteiger partial charge in [-0.25, -0.2) is 0 Å². The minimum atomic E-state index is -3.55. The molecule has 14 heteroatoms. The molecular formula is C25H33FN5O6PSe. The average molecular weight is 629 g/mol.